The van der Waals surface area contributed by atoms with Crippen molar-refractivity contribution in [3.63, 3.8) is 0 Å². The summed E-state index contributed by atoms with van der Waals surface area (Å²) in [4.78, 5) is 23.3. The summed E-state index contributed by atoms with van der Waals surface area (Å²) >= 11 is 0. The Morgan fingerprint density at radius 1 is 1.16 bits per heavy atom. The molecule has 1 fully saturated rings. The number of rotatable bonds is 7. The van der Waals surface area contributed by atoms with Gasteiger partial charge in [-0.05, 0) is 33.1 Å². The lowest BCUT2D eigenvalue weighted by Gasteiger charge is -2.28. The largest absolute Gasteiger partial charge is 0.354 e. The third-order valence-corrected chi connectivity index (χ3v) is 3.61. The molecule has 0 aromatic rings. The number of hydrogen-bond donors (Lipinski definition) is 3. The number of nitrogens with one attached hydrogen (secondary N) is 2. The summed E-state index contributed by atoms with van der Waals surface area (Å²) in [7, 11) is 0. The first kappa shape index (κ1) is 16.0. The molecule has 5 heteroatoms. The molecule has 0 spiro atoms. The number of nitrogens with two attached hydrogens (primary N) is 1. The van der Waals surface area contributed by atoms with E-state index in [4.69, 9.17) is 5.73 Å². The van der Waals surface area contributed by atoms with Crippen molar-refractivity contribution in [3.05, 3.63) is 0 Å². The van der Waals surface area contributed by atoms with Crippen LogP contribution in [0.3, 0.4) is 0 Å². The van der Waals surface area contributed by atoms with E-state index in [9.17, 15) is 9.59 Å². The molecule has 4 N–H and O–H groups in total. The van der Waals surface area contributed by atoms with Gasteiger partial charge in [0.2, 0.25) is 11.8 Å². The molecule has 1 saturated carbocycles. The van der Waals surface area contributed by atoms with Crippen LogP contribution in [-0.4, -0.2) is 29.9 Å². The third-order valence-electron chi connectivity index (χ3n) is 3.61. The van der Waals surface area contributed by atoms with Crippen LogP contribution >= 0.6 is 0 Å². The lowest BCUT2D eigenvalue weighted by molar-refractivity contribution is -0.123. The lowest BCUT2D eigenvalue weighted by Crippen LogP contribution is -2.51. The number of hydrogen-bond acceptors (Lipinski definition) is 3. The Morgan fingerprint density at radius 2 is 1.74 bits per heavy atom. The van der Waals surface area contributed by atoms with Crippen molar-refractivity contribution < 1.29 is 9.59 Å². The Kier molecular flexibility index (Phi) is 6.28. The van der Waals surface area contributed by atoms with Gasteiger partial charge in [0.1, 0.15) is 0 Å². The molecule has 0 bridgehead atoms. The Balaban J connectivity index is 2.22. The molecule has 0 aromatic heterocycles. The molecule has 1 aliphatic carbocycles. The summed E-state index contributed by atoms with van der Waals surface area (Å²) in [5, 5.41) is 5.88. The maximum Gasteiger partial charge on any atom is 0.220 e. The van der Waals surface area contributed by atoms with Crippen LogP contribution in [0.5, 0.6) is 0 Å². The first-order valence-electron chi connectivity index (χ1n) is 7.28. The minimum absolute atomic E-state index is 0.0113. The van der Waals surface area contributed by atoms with Crippen LogP contribution < -0.4 is 16.4 Å². The maximum atomic E-state index is 11.9. The fourth-order valence-corrected chi connectivity index (χ4v) is 2.59. The summed E-state index contributed by atoms with van der Waals surface area (Å²) in [5.41, 5.74) is 5.59. The van der Waals surface area contributed by atoms with E-state index in [0.29, 0.717) is 25.8 Å². The molecule has 1 rings (SSSR count). The van der Waals surface area contributed by atoms with E-state index in [0.717, 1.165) is 25.7 Å². The SMILES string of the molecule is CC(C)NC(=O)CCCC(=O)NC1(CN)CCCC1. The lowest BCUT2D eigenvalue weighted by atomic mass is 9.97. The van der Waals surface area contributed by atoms with Crippen LogP contribution in [0.1, 0.15) is 58.8 Å². The number of amides is 2. The van der Waals surface area contributed by atoms with E-state index in [-0.39, 0.29) is 23.4 Å². The Morgan fingerprint density at radius 3 is 2.26 bits per heavy atom. The fourth-order valence-electron chi connectivity index (χ4n) is 2.59. The van der Waals surface area contributed by atoms with Crippen LogP contribution in [0, 0.1) is 0 Å². The minimum Gasteiger partial charge on any atom is -0.354 e. The van der Waals surface area contributed by atoms with Gasteiger partial charge in [-0.1, -0.05) is 12.8 Å². The average Bonchev–Trinajstić information content (AvgIpc) is 2.77. The molecule has 0 unspecified atom stereocenters. The quantitative estimate of drug-likeness (QED) is 0.646. The van der Waals surface area contributed by atoms with Crippen LogP contribution in [0.4, 0.5) is 0 Å². The molecular formula is C14H27N3O2. The molecule has 0 aromatic carbocycles. The van der Waals surface area contributed by atoms with E-state index < -0.39 is 0 Å². The summed E-state index contributed by atoms with van der Waals surface area (Å²) in [6, 6.07) is 0.153. The highest BCUT2D eigenvalue weighted by atomic mass is 16.2. The van der Waals surface area contributed by atoms with Crippen LogP contribution in [0.2, 0.25) is 0 Å². The predicted molar refractivity (Wildman–Crippen MR) is 75.5 cm³/mol. The van der Waals surface area contributed by atoms with Gasteiger partial charge >= 0.3 is 0 Å². The highest BCUT2D eigenvalue weighted by Crippen LogP contribution is 2.28. The number of carbonyl (C=O) groups excluding carboxylic acids is 2. The van der Waals surface area contributed by atoms with Gasteiger partial charge in [-0.3, -0.25) is 9.59 Å². The monoisotopic (exact) mass is 269 g/mol. The number of carbonyl (C=O) groups is 2. The third kappa shape index (κ3) is 5.59. The highest BCUT2D eigenvalue weighted by Gasteiger charge is 2.33. The molecular weight excluding hydrogens is 242 g/mol. The van der Waals surface area contributed by atoms with Crippen LogP contribution in [0.25, 0.3) is 0 Å². The Hall–Kier alpha value is -1.10. The van der Waals surface area contributed by atoms with Crippen LogP contribution in [0.15, 0.2) is 0 Å². The zero-order valence-electron chi connectivity index (χ0n) is 12.1. The maximum absolute atomic E-state index is 11.9. The Bertz CT molecular complexity index is 310. The van der Waals surface area contributed by atoms with Crippen molar-refractivity contribution >= 4 is 11.8 Å². The van der Waals surface area contributed by atoms with Gasteiger partial charge in [0.15, 0.2) is 0 Å². The van der Waals surface area contributed by atoms with Crippen molar-refractivity contribution in [1.29, 1.82) is 0 Å². The van der Waals surface area contributed by atoms with E-state index in [1.165, 1.54) is 0 Å². The average molecular weight is 269 g/mol. The topological polar surface area (TPSA) is 84.2 Å². The van der Waals surface area contributed by atoms with Gasteiger partial charge in [0.05, 0.1) is 5.54 Å². The molecule has 2 amide bonds. The molecule has 19 heavy (non-hydrogen) atoms. The summed E-state index contributed by atoms with van der Waals surface area (Å²) in [5.74, 6) is 0.0295. The molecule has 0 aliphatic heterocycles. The molecule has 0 saturated heterocycles. The zero-order chi connectivity index (χ0) is 14.3. The van der Waals surface area contributed by atoms with Crippen LogP contribution in [-0.2, 0) is 9.59 Å². The van der Waals surface area contributed by atoms with Crippen molar-refractivity contribution in [1.82, 2.24) is 10.6 Å². The zero-order valence-corrected chi connectivity index (χ0v) is 12.1. The standard InChI is InChI=1S/C14H27N3O2/c1-11(2)16-12(18)6-5-7-13(19)17-14(10-15)8-3-4-9-14/h11H,3-10,15H2,1-2H3,(H,16,18)(H,17,19). The van der Waals surface area contributed by atoms with Crippen molar-refractivity contribution in [2.75, 3.05) is 6.54 Å². The predicted octanol–water partition coefficient (Wildman–Crippen LogP) is 1.07. The summed E-state index contributed by atoms with van der Waals surface area (Å²) in [6.07, 6.45) is 5.61. The van der Waals surface area contributed by atoms with Gasteiger partial charge in [-0.2, -0.15) is 0 Å². The molecule has 5 nitrogen and oxygen atoms in total. The first-order chi connectivity index (χ1) is 8.97. The summed E-state index contributed by atoms with van der Waals surface area (Å²) in [6.45, 7) is 4.36. The van der Waals surface area contributed by atoms with E-state index in [1.807, 2.05) is 13.8 Å². The smallest absolute Gasteiger partial charge is 0.220 e. The van der Waals surface area contributed by atoms with E-state index in [1.54, 1.807) is 0 Å². The van der Waals surface area contributed by atoms with E-state index in [2.05, 4.69) is 10.6 Å². The highest BCUT2D eigenvalue weighted by molar-refractivity contribution is 5.79. The van der Waals surface area contributed by atoms with Gasteiger partial charge in [0.25, 0.3) is 0 Å². The second-order valence-electron chi connectivity index (χ2n) is 5.82. The van der Waals surface area contributed by atoms with Gasteiger partial charge in [-0.15, -0.1) is 0 Å². The van der Waals surface area contributed by atoms with E-state index >= 15 is 0 Å². The molecule has 0 atom stereocenters. The molecule has 0 heterocycles. The minimum atomic E-state index is -0.183. The van der Waals surface area contributed by atoms with Crippen molar-refractivity contribution in [3.8, 4) is 0 Å². The van der Waals surface area contributed by atoms with Crippen molar-refractivity contribution in [2.45, 2.75) is 70.4 Å². The second-order valence-corrected chi connectivity index (χ2v) is 5.82. The van der Waals surface area contributed by atoms with Crippen molar-refractivity contribution in [2.24, 2.45) is 5.73 Å². The molecule has 0 radical (unpaired) electrons. The summed E-state index contributed by atoms with van der Waals surface area (Å²) < 4.78 is 0. The molecule has 1 aliphatic rings. The normalized spacial score (nSPS) is 17.5. The Labute approximate surface area is 115 Å². The van der Waals surface area contributed by atoms with Gasteiger partial charge < -0.3 is 16.4 Å². The second kappa shape index (κ2) is 7.48. The van der Waals surface area contributed by atoms with Gasteiger partial charge in [-0.25, -0.2) is 0 Å². The van der Waals surface area contributed by atoms with Gasteiger partial charge in [0, 0.05) is 25.4 Å². The first-order valence-corrected chi connectivity index (χ1v) is 7.28. The fraction of sp³-hybridized carbons (Fsp3) is 0.857. The molecule has 110 valence electrons.